The summed E-state index contributed by atoms with van der Waals surface area (Å²) >= 11 is 1.66. The zero-order valence-electron chi connectivity index (χ0n) is 10.7. The van der Waals surface area contributed by atoms with Crippen molar-refractivity contribution in [2.45, 2.75) is 26.3 Å². The molecule has 96 valence electrons. The maximum atomic E-state index is 5.73. The molecule has 0 amide bonds. The molecule has 0 saturated carbocycles. The van der Waals surface area contributed by atoms with Gasteiger partial charge in [0.2, 0.25) is 0 Å². The first-order valence-corrected chi connectivity index (χ1v) is 7.07. The van der Waals surface area contributed by atoms with Crippen LogP contribution in [0.3, 0.4) is 0 Å². The van der Waals surface area contributed by atoms with E-state index in [1.165, 1.54) is 0 Å². The Morgan fingerprint density at radius 2 is 2.22 bits per heavy atom. The maximum Gasteiger partial charge on any atom is 0.142 e. The number of aromatic nitrogens is 1. The molecule has 0 aliphatic heterocycles. The predicted molar refractivity (Wildman–Crippen MR) is 76.4 cm³/mol. The van der Waals surface area contributed by atoms with Crippen molar-refractivity contribution in [2.75, 3.05) is 11.9 Å². The van der Waals surface area contributed by atoms with Crippen LogP contribution in [0.1, 0.15) is 31.3 Å². The van der Waals surface area contributed by atoms with Gasteiger partial charge in [0.15, 0.2) is 0 Å². The van der Waals surface area contributed by atoms with E-state index in [2.05, 4.69) is 24.1 Å². The molecule has 1 aromatic heterocycles. The van der Waals surface area contributed by atoms with Crippen molar-refractivity contribution < 1.29 is 4.74 Å². The lowest BCUT2D eigenvalue weighted by Crippen LogP contribution is -2.08. The van der Waals surface area contributed by atoms with E-state index in [4.69, 9.17) is 4.74 Å². The second-order valence-electron chi connectivity index (χ2n) is 4.08. The minimum Gasteiger partial charge on any atom is -0.491 e. The van der Waals surface area contributed by atoms with Crippen LogP contribution in [0.15, 0.2) is 35.8 Å². The monoisotopic (exact) mass is 262 g/mol. The maximum absolute atomic E-state index is 5.73. The molecule has 1 heterocycles. The van der Waals surface area contributed by atoms with Crippen LogP contribution in [0.4, 0.5) is 5.69 Å². The van der Waals surface area contributed by atoms with Gasteiger partial charge in [-0.05, 0) is 25.5 Å². The fourth-order valence-electron chi connectivity index (χ4n) is 1.67. The highest BCUT2D eigenvalue weighted by molar-refractivity contribution is 7.09. The summed E-state index contributed by atoms with van der Waals surface area (Å²) in [6.45, 7) is 4.95. The first-order valence-electron chi connectivity index (χ1n) is 6.19. The highest BCUT2D eigenvalue weighted by Gasteiger charge is 2.10. The van der Waals surface area contributed by atoms with Crippen molar-refractivity contribution in [1.82, 2.24) is 4.98 Å². The van der Waals surface area contributed by atoms with Gasteiger partial charge in [0.05, 0.1) is 18.3 Å². The Labute approximate surface area is 112 Å². The van der Waals surface area contributed by atoms with E-state index in [0.717, 1.165) is 29.5 Å². The van der Waals surface area contributed by atoms with Crippen LogP contribution < -0.4 is 10.1 Å². The Balaban J connectivity index is 2.08. The Kier molecular flexibility index (Phi) is 4.59. The molecule has 0 aliphatic rings. The molecule has 2 rings (SSSR count). The van der Waals surface area contributed by atoms with Crippen LogP contribution in [0, 0.1) is 0 Å². The summed E-state index contributed by atoms with van der Waals surface area (Å²) in [5.41, 5.74) is 1.02. The minimum absolute atomic E-state index is 0.191. The highest BCUT2D eigenvalue weighted by atomic mass is 32.1. The molecule has 4 heteroatoms. The zero-order chi connectivity index (χ0) is 12.8. The van der Waals surface area contributed by atoms with Gasteiger partial charge < -0.3 is 10.1 Å². The number of benzene rings is 1. The molecule has 0 bridgehead atoms. The van der Waals surface area contributed by atoms with Gasteiger partial charge in [-0.1, -0.05) is 19.1 Å². The molecule has 0 aliphatic carbocycles. The minimum atomic E-state index is 0.191. The summed E-state index contributed by atoms with van der Waals surface area (Å²) in [5.74, 6) is 0.905. The lowest BCUT2D eigenvalue weighted by atomic mass is 10.2. The molecule has 2 aromatic rings. The summed E-state index contributed by atoms with van der Waals surface area (Å²) in [6, 6.07) is 8.22. The summed E-state index contributed by atoms with van der Waals surface area (Å²) in [6.07, 6.45) is 2.84. The third kappa shape index (κ3) is 3.23. The smallest absolute Gasteiger partial charge is 0.142 e. The molecule has 0 saturated heterocycles. The van der Waals surface area contributed by atoms with Crippen LogP contribution in [0.5, 0.6) is 5.75 Å². The average Bonchev–Trinajstić information content (AvgIpc) is 2.91. The fraction of sp³-hybridized carbons (Fsp3) is 0.357. The van der Waals surface area contributed by atoms with Crippen molar-refractivity contribution in [1.29, 1.82) is 0 Å². The molecule has 0 radical (unpaired) electrons. The Bertz CT molecular complexity index is 470. The number of para-hydroxylation sites is 2. The summed E-state index contributed by atoms with van der Waals surface area (Å²) in [4.78, 5) is 4.32. The number of nitrogens with one attached hydrogen (secondary N) is 1. The van der Waals surface area contributed by atoms with E-state index in [9.17, 15) is 0 Å². The van der Waals surface area contributed by atoms with Gasteiger partial charge in [-0.3, -0.25) is 0 Å². The lowest BCUT2D eigenvalue weighted by Gasteiger charge is -2.16. The number of thiazole rings is 1. The molecule has 0 fully saturated rings. The lowest BCUT2D eigenvalue weighted by molar-refractivity contribution is 0.318. The van der Waals surface area contributed by atoms with Crippen molar-refractivity contribution in [3.8, 4) is 5.75 Å². The molecule has 18 heavy (non-hydrogen) atoms. The molecule has 3 nitrogen and oxygen atoms in total. The van der Waals surface area contributed by atoms with Crippen molar-refractivity contribution >= 4 is 17.0 Å². The fourth-order valence-corrected chi connectivity index (χ4v) is 2.31. The van der Waals surface area contributed by atoms with E-state index in [1.807, 2.05) is 35.8 Å². The molecule has 1 atom stereocenters. The van der Waals surface area contributed by atoms with Gasteiger partial charge in [-0.15, -0.1) is 11.3 Å². The Hall–Kier alpha value is -1.55. The van der Waals surface area contributed by atoms with E-state index < -0.39 is 0 Å². The van der Waals surface area contributed by atoms with Crippen LogP contribution >= 0.6 is 11.3 Å². The third-order valence-electron chi connectivity index (χ3n) is 2.54. The van der Waals surface area contributed by atoms with Crippen LogP contribution in [-0.4, -0.2) is 11.6 Å². The standard InChI is InChI=1S/C14H18N2OS/c1-3-9-17-13-7-5-4-6-12(13)16-11(2)14-15-8-10-18-14/h4-8,10-11,16H,3,9H2,1-2H3. The highest BCUT2D eigenvalue weighted by Crippen LogP contribution is 2.28. The van der Waals surface area contributed by atoms with Crippen LogP contribution in [0.25, 0.3) is 0 Å². The Morgan fingerprint density at radius 1 is 1.39 bits per heavy atom. The van der Waals surface area contributed by atoms with Gasteiger partial charge in [-0.2, -0.15) is 0 Å². The zero-order valence-corrected chi connectivity index (χ0v) is 11.5. The quantitative estimate of drug-likeness (QED) is 0.851. The average molecular weight is 262 g/mol. The van der Waals surface area contributed by atoms with E-state index in [-0.39, 0.29) is 6.04 Å². The van der Waals surface area contributed by atoms with Crippen molar-refractivity contribution in [2.24, 2.45) is 0 Å². The topological polar surface area (TPSA) is 34.1 Å². The first-order chi connectivity index (χ1) is 8.81. The first kappa shape index (κ1) is 12.9. The summed E-state index contributed by atoms with van der Waals surface area (Å²) in [5, 5.41) is 6.52. The number of ether oxygens (including phenoxy) is 1. The third-order valence-corrected chi connectivity index (χ3v) is 3.50. The van der Waals surface area contributed by atoms with Gasteiger partial charge in [0, 0.05) is 11.6 Å². The summed E-state index contributed by atoms with van der Waals surface area (Å²) in [7, 11) is 0. The number of hydrogen-bond acceptors (Lipinski definition) is 4. The van der Waals surface area contributed by atoms with Crippen LogP contribution in [-0.2, 0) is 0 Å². The molecule has 1 unspecified atom stereocenters. The molecule has 0 spiro atoms. The van der Waals surface area contributed by atoms with Crippen LogP contribution in [0.2, 0.25) is 0 Å². The Morgan fingerprint density at radius 3 is 2.94 bits per heavy atom. The van der Waals surface area contributed by atoms with Crippen molar-refractivity contribution in [3.63, 3.8) is 0 Å². The normalized spacial score (nSPS) is 12.1. The van der Waals surface area contributed by atoms with E-state index in [1.54, 1.807) is 11.3 Å². The van der Waals surface area contributed by atoms with E-state index in [0.29, 0.717) is 0 Å². The van der Waals surface area contributed by atoms with Gasteiger partial charge >= 0.3 is 0 Å². The largest absolute Gasteiger partial charge is 0.491 e. The van der Waals surface area contributed by atoms with E-state index >= 15 is 0 Å². The second kappa shape index (κ2) is 6.40. The SMILES string of the molecule is CCCOc1ccccc1NC(C)c1nccs1. The van der Waals surface area contributed by atoms with Crippen molar-refractivity contribution in [3.05, 3.63) is 40.8 Å². The molecular weight excluding hydrogens is 244 g/mol. The van der Waals surface area contributed by atoms with Gasteiger partial charge in [0.1, 0.15) is 10.8 Å². The number of nitrogens with zero attached hydrogens (tertiary/aromatic N) is 1. The number of hydrogen-bond donors (Lipinski definition) is 1. The number of rotatable bonds is 6. The molecule has 1 aromatic carbocycles. The second-order valence-corrected chi connectivity index (χ2v) is 5.01. The van der Waals surface area contributed by atoms with Gasteiger partial charge in [-0.25, -0.2) is 4.98 Å². The number of anilines is 1. The predicted octanol–water partition coefficient (Wildman–Crippen LogP) is 4.11. The summed E-state index contributed by atoms with van der Waals surface area (Å²) < 4.78 is 5.73. The molecule has 1 N–H and O–H groups in total. The molecular formula is C14H18N2OS. The van der Waals surface area contributed by atoms with Gasteiger partial charge in [0.25, 0.3) is 0 Å².